The van der Waals surface area contributed by atoms with Gasteiger partial charge in [0.2, 0.25) is 11.7 Å². The molecule has 0 saturated carbocycles. The van der Waals surface area contributed by atoms with Gasteiger partial charge in [0, 0.05) is 18.9 Å². The first-order valence-electron chi connectivity index (χ1n) is 6.16. The first kappa shape index (κ1) is 12.2. The van der Waals surface area contributed by atoms with Crippen LogP contribution in [0.1, 0.15) is 5.56 Å². The quantitative estimate of drug-likeness (QED) is 0.773. The molecule has 0 saturated heterocycles. The van der Waals surface area contributed by atoms with E-state index < -0.39 is 5.69 Å². The molecular formula is C14H13N5O. The van der Waals surface area contributed by atoms with E-state index in [9.17, 15) is 4.79 Å². The van der Waals surface area contributed by atoms with Gasteiger partial charge in [-0.15, -0.1) is 0 Å². The van der Waals surface area contributed by atoms with Crippen molar-refractivity contribution in [1.82, 2.24) is 18.9 Å². The number of benzene rings is 1. The molecule has 0 spiro atoms. The van der Waals surface area contributed by atoms with Gasteiger partial charge in [0.05, 0.1) is 0 Å². The summed E-state index contributed by atoms with van der Waals surface area (Å²) in [7, 11) is 0. The van der Waals surface area contributed by atoms with Gasteiger partial charge in [-0.2, -0.15) is 9.97 Å². The van der Waals surface area contributed by atoms with Gasteiger partial charge in [-0.1, -0.05) is 42.5 Å². The molecule has 3 rings (SSSR count). The largest absolute Gasteiger partial charge is 0.368 e. The third kappa shape index (κ3) is 2.31. The zero-order valence-electron chi connectivity index (χ0n) is 10.7. The molecule has 2 N–H and O–H groups in total. The topological polar surface area (TPSA) is 78.2 Å². The van der Waals surface area contributed by atoms with Crippen molar-refractivity contribution in [3.63, 3.8) is 0 Å². The average Bonchev–Trinajstić information content (AvgIpc) is 2.83. The molecule has 6 heteroatoms. The molecule has 0 bridgehead atoms. The molecule has 100 valence electrons. The van der Waals surface area contributed by atoms with Crippen molar-refractivity contribution in [1.29, 1.82) is 0 Å². The number of anilines is 1. The normalized spacial score (nSPS) is 11.4. The van der Waals surface area contributed by atoms with E-state index in [1.165, 1.54) is 4.40 Å². The minimum atomic E-state index is -0.418. The number of nitrogens with zero attached hydrogens (tertiary/aromatic N) is 4. The molecule has 3 aromatic rings. The number of aromatic nitrogens is 4. The number of hydrogen-bond acceptors (Lipinski definition) is 4. The molecular weight excluding hydrogens is 254 g/mol. The molecule has 0 amide bonds. The lowest BCUT2D eigenvalue weighted by Gasteiger charge is -2.00. The Labute approximate surface area is 114 Å². The van der Waals surface area contributed by atoms with E-state index in [1.807, 2.05) is 47.1 Å². The Kier molecular flexibility index (Phi) is 3.04. The molecule has 0 unspecified atom stereocenters. The van der Waals surface area contributed by atoms with Crippen LogP contribution in [0, 0.1) is 0 Å². The van der Waals surface area contributed by atoms with Gasteiger partial charge in [-0.25, -0.2) is 9.20 Å². The summed E-state index contributed by atoms with van der Waals surface area (Å²) in [5.74, 6) is 0.474. The summed E-state index contributed by atoms with van der Waals surface area (Å²) in [6.07, 6.45) is 7.42. The molecule has 0 aliphatic carbocycles. The van der Waals surface area contributed by atoms with Crippen LogP contribution in [0.25, 0.3) is 11.9 Å². The molecule has 6 nitrogen and oxygen atoms in total. The van der Waals surface area contributed by atoms with E-state index in [-0.39, 0.29) is 5.95 Å². The fraction of sp³-hybridized carbons (Fsp3) is 0.0714. The number of rotatable bonds is 3. The van der Waals surface area contributed by atoms with Crippen LogP contribution in [-0.4, -0.2) is 18.9 Å². The third-order valence-electron chi connectivity index (χ3n) is 2.91. The van der Waals surface area contributed by atoms with Gasteiger partial charge in [0.1, 0.15) is 0 Å². The van der Waals surface area contributed by atoms with Crippen LogP contribution < -0.4 is 11.4 Å². The average molecular weight is 267 g/mol. The lowest BCUT2D eigenvalue weighted by atomic mass is 10.2. The first-order chi connectivity index (χ1) is 9.74. The van der Waals surface area contributed by atoms with Gasteiger partial charge in [0.15, 0.2) is 0 Å². The van der Waals surface area contributed by atoms with Crippen molar-refractivity contribution >= 4 is 17.8 Å². The van der Waals surface area contributed by atoms with Gasteiger partial charge in [-0.3, -0.25) is 0 Å². The second-order valence-corrected chi connectivity index (χ2v) is 4.30. The highest BCUT2D eigenvalue weighted by Gasteiger charge is 2.05. The monoisotopic (exact) mass is 267 g/mol. The Morgan fingerprint density at radius 1 is 1.15 bits per heavy atom. The molecule has 0 aliphatic heterocycles. The molecule has 2 aromatic heterocycles. The Bertz CT molecular complexity index is 816. The highest BCUT2D eigenvalue weighted by molar-refractivity contribution is 5.48. The maximum Gasteiger partial charge on any atom is 0.357 e. The Hall–Kier alpha value is -2.89. The number of nitrogens with two attached hydrogens (primary N) is 1. The Balaban J connectivity index is 1.89. The molecule has 20 heavy (non-hydrogen) atoms. The smallest absolute Gasteiger partial charge is 0.357 e. The minimum Gasteiger partial charge on any atom is -0.368 e. The van der Waals surface area contributed by atoms with Crippen molar-refractivity contribution in [2.24, 2.45) is 0 Å². The zero-order valence-corrected chi connectivity index (χ0v) is 10.7. The van der Waals surface area contributed by atoms with Crippen LogP contribution in [-0.2, 0) is 6.54 Å². The van der Waals surface area contributed by atoms with Gasteiger partial charge in [0.25, 0.3) is 0 Å². The second kappa shape index (κ2) is 5.00. The summed E-state index contributed by atoms with van der Waals surface area (Å²) >= 11 is 0. The molecule has 0 aliphatic rings. The van der Waals surface area contributed by atoms with Crippen LogP contribution in [0.5, 0.6) is 0 Å². The Morgan fingerprint density at radius 2 is 1.95 bits per heavy atom. The molecule has 2 heterocycles. The van der Waals surface area contributed by atoms with E-state index in [2.05, 4.69) is 9.97 Å². The van der Waals surface area contributed by atoms with Crippen molar-refractivity contribution in [2.75, 3.05) is 5.73 Å². The van der Waals surface area contributed by atoms with Crippen molar-refractivity contribution < 1.29 is 0 Å². The SMILES string of the molecule is Nc1nc(=O)n2ccn(C/C=C/c3ccccc3)c2n1. The molecule has 0 atom stereocenters. The minimum absolute atomic E-state index is 0.0120. The number of imidazole rings is 1. The molecule has 0 fully saturated rings. The van der Waals surface area contributed by atoms with Gasteiger partial charge >= 0.3 is 5.69 Å². The van der Waals surface area contributed by atoms with Crippen LogP contribution in [0.3, 0.4) is 0 Å². The van der Waals surface area contributed by atoms with Crippen LogP contribution >= 0.6 is 0 Å². The fourth-order valence-electron chi connectivity index (χ4n) is 1.97. The second-order valence-electron chi connectivity index (χ2n) is 4.30. The third-order valence-corrected chi connectivity index (χ3v) is 2.91. The van der Waals surface area contributed by atoms with Crippen molar-refractivity contribution in [2.45, 2.75) is 6.54 Å². The zero-order chi connectivity index (χ0) is 13.9. The predicted octanol–water partition coefficient (Wildman–Crippen LogP) is 1.19. The standard InChI is InChI=1S/C14H13N5O/c15-12-16-13-18(9-10-19(13)14(20)17-12)8-4-7-11-5-2-1-3-6-11/h1-7,9-10H,8H2,(H2,15,17,20)/b7-4+. The highest BCUT2D eigenvalue weighted by Crippen LogP contribution is 2.04. The summed E-state index contributed by atoms with van der Waals surface area (Å²) < 4.78 is 3.20. The predicted molar refractivity (Wildman–Crippen MR) is 77.1 cm³/mol. The van der Waals surface area contributed by atoms with E-state index in [4.69, 9.17) is 5.73 Å². The van der Waals surface area contributed by atoms with Gasteiger partial charge < -0.3 is 10.3 Å². The summed E-state index contributed by atoms with van der Waals surface area (Å²) in [5.41, 5.74) is 6.21. The number of fused-ring (bicyclic) bond motifs is 1. The number of hydrogen-bond donors (Lipinski definition) is 1. The van der Waals surface area contributed by atoms with Crippen molar-refractivity contribution in [3.8, 4) is 0 Å². The van der Waals surface area contributed by atoms with Crippen LogP contribution in [0.4, 0.5) is 5.95 Å². The van der Waals surface area contributed by atoms with Crippen LogP contribution in [0.15, 0.2) is 53.6 Å². The van der Waals surface area contributed by atoms with E-state index in [0.29, 0.717) is 12.3 Å². The van der Waals surface area contributed by atoms with E-state index in [1.54, 1.807) is 12.4 Å². The maximum atomic E-state index is 11.6. The van der Waals surface area contributed by atoms with E-state index in [0.717, 1.165) is 5.56 Å². The number of nitrogen functional groups attached to an aromatic ring is 1. The first-order valence-corrected chi connectivity index (χ1v) is 6.16. The summed E-state index contributed by atoms with van der Waals surface area (Å²) in [4.78, 5) is 19.3. The van der Waals surface area contributed by atoms with Gasteiger partial charge in [-0.05, 0) is 5.56 Å². The number of allylic oxidation sites excluding steroid dienone is 1. The summed E-state index contributed by atoms with van der Waals surface area (Å²) in [6, 6.07) is 9.99. The maximum absolute atomic E-state index is 11.6. The summed E-state index contributed by atoms with van der Waals surface area (Å²) in [6.45, 7) is 0.598. The van der Waals surface area contributed by atoms with Crippen molar-refractivity contribution in [3.05, 3.63) is 64.8 Å². The van der Waals surface area contributed by atoms with E-state index >= 15 is 0 Å². The molecule has 1 aromatic carbocycles. The molecule has 0 radical (unpaired) electrons. The Morgan fingerprint density at radius 3 is 2.75 bits per heavy atom. The highest BCUT2D eigenvalue weighted by atomic mass is 16.1. The van der Waals surface area contributed by atoms with Crippen LogP contribution in [0.2, 0.25) is 0 Å². The summed E-state index contributed by atoms with van der Waals surface area (Å²) in [5, 5.41) is 0. The fourth-order valence-corrected chi connectivity index (χ4v) is 1.97. The lowest BCUT2D eigenvalue weighted by Crippen LogP contribution is -2.19. The lowest BCUT2D eigenvalue weighted by molar-refractivity contribution is 0.824.